The summed E-state index contributed by atoms with van der Waals surface area (Å²) in [5.41, 5.74) is 3.49. The van der Waals surface area contributed by atoms with Crippen LogP contribution in [0, 0.1) is 17.2 Å². The highest BCUT2D eigenvalue weighted by molar-refractivity contribution is 5.73. The minimum atomic E-state index is 0.609. The van der Waals surface area contributed by atoms with Crippen LogP contribution in [0.4, 0.5) is 0 Å². The lowest BCUT2D eigenvalue weighted by Crippen LogP contribution is -2.31. The molecule has 1 aromatic rings. The van der Waals surface area contributed by atoms with E-state index < -0.39 is 0 Å². The predicted molar refractivity (Wildman–Crippen MR) is 68.3 cm³/mol. The average Bonchev–Trinajstić information content (AvgIpc) is 2.98. The summed E-state index contributed by atoms with van der Waals surface area (Å²) < 4.78 is 0. The smallest absolute Gasteiger partial charge is 0.0991 e. The molecular weight excluding hydrogens is 208 g/mol. The Morgan fingerprint density at radius 1 is 1.35 bits per heavy atom. The molecule has 86 valence electrons. The van der Waals surface area contributed by atoms with E-state index in [4.69, 9.17) is 5.26 Å². The van der Waals surface area contributed by atoms with Gasteiger partial charge in [-0.1, -0.05) is 25.1 Å². The number of hydrogen-bond donors (Lipinski definition) is 0. The Morgan fingerprint density at radius 3 is 2.71 bits per heavy atom. The average molecular weight is 224 g/mol. The molecule has 1 heterocycles. The van der Waals surface area contributed by atoms with Crippen LogP contribution in [0.3, 0.4) is 0 Å². The Hall–Kier alpha value is -1.59. The van der Waals surface area contributed by atoms with Crippen LogP contribution in [0.5, 0.6) is 0 Å². The highest BCUT2D eigenvalue weighted by Crippen LogP contribution is 2.41. The summed E-state index contributed by atoms with van der Waals surface area (Å²) in [6.07, 6.45) is 3.71. The molecule has 2 unspecified atom stereocenters. The van der Waals surface area contributed by atoms with Crippen LogP contribution in [0.15, 0.2) is 30.3 Å². The fourth-order valence-electron chi connectivity index (χ4n) is 3.12. The normalized spacial score (nSPS) is 26.9. The largest absolute Gasteiger partial charge is 0.296 e. The standard InChI is InChI=1S/C15H16N2/c1-2-17-10-12-7-14(15(17)8-12)13-5-3-11(9-16)4-6-13/h3-7,12,15H,2,8,10H2,1H3. The summed E-state index contributed by atoms with van der Waals surface area (Å²) >= 11 is 0. The maximum Gasteiger partial charge on any atom is 0.0991 e. The van der Waals surface area contributed by atoms with Gasteiger partial charge in [-0.3, -0.25) is 4.90 Å². The fraction of sp³-hybridized carbons (Fsp3) is 0.400. The van der Waals surface area contributed by atoms with Gasteiger partial charge in [0.2, 0.25) is 0 Å². The molecule has 1 saturated heterocycles. The number of rotatable bonds is 2. The zero-order valence-electron chi connectivity index (χ0n) is 10.1. The van der Waals surface area contributed by atoms with Crippen molar-refractivity contribution in [2.45, 2.75) is 19.4 Å². The minimum Gasteiger partial charge on any atom is -0.296 e. The van der Waals surface area contributed by atoms with Crippen molar-refractivity contribution < 1.29 is 0 Å². The van der Waals surface area contributed by atoms with E-state index in [-0.39, 0.29) is 0 Å². The van der Waals surface area contributed by atoms with Gasteiger partial charge >= 0.3 is 0 Å². The molecule has 0 saturated carbocycles. The number of nitriles is 1. The van der Waals surface area contributed by atoms with Gasteiger partial charge in [0.05, 0.1) is 11.6 Å². The maximum atomic E-state index is 8.81. The predicted octanol–water partition coefficient (Wildman–Crippen LogP) is 2.67. The van der Waals surface area contributed by atoms with Crippen molar-refractivity contribution in [3.8, 4) is 6.07 Å². The lowest BCUT2D eigenvalue weighted by atomic mass is 9.99. The van der Waals surface area contributed by atoms with E-state index in [0.29, 0.717) is 6.04 Å². The van der Waals surface area contributed by atoms with Crippen LogP contribution >= 0.6 is 0 Å². The molecule has 0 amide bonds. The monoisotopic (exact) mass is 224 g/mol. The molecule has 2 bridgehead atoms. The number of benzene rings is 1. The van der Waals surface area contributed by atoms with Crippen LogP contribution < -0.4 is 0 Å². The Balaban J connectivity index is 1.90. The van der Waals surface area contributed by atoms with Gasteiger partial charge in [0, 0.05) is 12.6 Å². The first kappa shape index (κ1) is 10.6. The third-order valence-electron chi connectivity index (χ3n) is 3.96. The van der Waals surface area contributed by atoms with Crippen LogP contribution in [0.1, 0.15) is 24.5 Å². The van der Waals surface area contributed by atoms with E-state index in [0.717, 1.165) is 18.0 Å². The fourth-order valence-corrected chi connectivity index (χ4v) is 3.12. The zero-order chi connectivity index (χ0) is 11.8. The van der Waals surface area contributed by atoms with Crippen molar-refractivity contribution in [2.75, 3.05) is 13.1 Å². The van der Waals surface area contributed by atoms with E-state index in [9.17, 15) is 0 Å². The Kier molecular flexibility index (Phi) is 2.49. The first-order valence-corrected chi connectivity index (χ1v) is 6.28. The van der Waals surface area contributed by atoms with E-state index in [2.05, 4.69) is 36.1 Å². The van der Waals surface area contributed by atoms with Crippen molar-refractivity contribution in [2.24, 2.45) is 5.92 Å². The maximum absolute atomic E-state index is 8.81. The second kappa shape index (κ2) is 4.01. The Bertz CT molecular complexity index is 493. The van der Waals surface area contributed by atoms with Gasteiger partial charge in [-0.15, -0.1) is 0 Å². The molecule has 3 rings (SSSR count). The molecular formula is C15H16N2. The SMILES string of the molecule is CCN1CC2C=C(c3ccc(C#N)cc3)C1C2. The molecule has 1 aliphatic carbocycles. The Labute approximate surface area is 102 Å². The lowest BCUT2D eigenvalue weighted by molar-refractivity contribution is 0.303. The second-order valence-corrected chi connectivity index (χ2v) is 4.91. The first-order chi connectivity index (χ1) is 8.31. The quantitative estimate of drug-likeness (QED) is 0.772. The van der Waals surface area contributed by atoms with E-state index >= 15 is 0 Å². The summed E-state index contributed by atoms with van der Waals surface area (Å²) in [7, 11) is 0. The minimum absolute atomic E-state index is 0.609. The van der Waals surface area contributed by atoms with Crippen molar-refractivity contribution in [1.82, 2.24) is 4.90 Å². The highest BCUT2D eigenvalue weighted by Gasteiger charge is 2.38. The molecule has 1 aliphatic heterocycles. The third-order valence-corrected chi connectivity index (χ3v) is 3.96. The van der Waals surface area contributed by atoms with Gasteiger partial charge in [-0.2, -0.15) is 5.26 Å². The highest BCUT2D eigenvalue weighted by atomic mass is 15.2. The van der Waals surface area contributed by atoms with Gasteiger partial charge < -0.3 is 0 Å². The molecule has 0 radical (unpaired) electrons. The molecule has 1 fully saturated rings. The van der Waals surface area contributed by atoms with Crippen LogP contribution in [0.2, 0.25) is 0 Å². The van der Waals surface area contributed by atoms with Gasteiger partial charge in [-0.05, 0) is 42.2 Å². The van der Waals surface area contributed by atoms with Crippen molar-refractivity contribution in [1.29, 1.82) is 5.26 Å². The molecule has 0 spiro atoms. The van der Waals surface area contributed by atoms with Gasteiger partial charge in [0.25, 0.3) is 0 Å². The molecule has 2 atom stereocenters. The van der Waals surface area contributed by atoms with Crippen molar-refractivity contribution in [3.63, 3.8) is 0 Å². The molecule has 2 heteroatoms. The molecule has 2 aliphatic rings. The lowest BCUT2D eigenvalue weighted by Gasteiger charge is -2.27. The Morgan fingerprint density at radius 2 is 2.12 bits per heavy atom. The van der Waals surface area contributed by atoms with Crippen molar-refractivity contribution in [3.05, 3.63) is 41.5 Å². The number of hydrogen-bond acceptors (Lipinski definition) is 2. The van der Waals surface area contributed by atoms with E-state index in [1.54, 1.807) is 0 Å². The van der Waals surface area contributed by atoms with Crippen LogP contribution in [0.25, 0.3) is 5.57 Å². The number of likely N-dealkylation sites (tertiary alicyclic amines) is 1. The molecule has 0 N–H and O–H groups in total. The van der Waals surface area contributed by atoms with Gasteiger partial charge in [0.15, 0.2) is 0 Å². The van der Waals surface area contributed by atoms with E-state index in [1.807, 2.05) is 12.1 Å². The molecule has 2 nitrogen and oxygen atoms in total. The number of nitrogens with zero attached hydrogens (tertiary/aromatic N) is 2. The summed E-state index contributed by atoms with van der Waals surface area (Å²) in [6, 6.07) is 10.8. The van der Waals surface area contributed by atoms with Crippen molar-refractivity contribution >= 4 is 5.57 Å². The number of likely N-dealkylation sites (N-methyl/N-ethyl adjacent to an activating group) is 1. The van der Waals surface area contributed by atoms with Gasteiger partial charge in [0.1, 0.15) is 0 Å². The number of fused-ring (bicyclic) bond motifs is 2. The van der Waals surface area contributed by atoms with Crippen LogP contribution in [-0.2, 0) is 0 Å². The van der Waals surface area contributed by atoms with E-state index in [1.165, 1.54) is 24.1 Å². The summed E-state index contributed by atoms with van der Waals surface area (Å²) in [5.74, 6) is 0.741. The molecule has 17 heavy (non-hydrogen) atoms. The topological polar surface area (TPSA) is 27.0 Å². The summed E-state index contributed by atoms with van der Waals surface area (Å²) in [6.45, 7) is 4.59. The summed E-state index contributed by atoms with van der Waals surface area (Å²) in [4.78, 5) is 2.55. The second-order valence-electron chi connectivity index (χ2n) is 4.91. The van der Waals surface area contributed by atoms with Crippen LogP contribution in [-0.4, -0.2) is 24.0 Å². The van der Waals surface area contributed by atoms with Gasteiger partial charge in [-0.25, -0.2) is 0 Å². The zero-order valence-corrected chi connectivity index (χ0v) is 10.1. The third kappa shape index (κ3) is 1.67. The molecule has 0 aromatic heterocycles. The summed E-state index contributed by atoms with van der Waals surface area (Å²) in [5, 5.41) is 8.81. The first-order valence-electron chi connectivity index (χ1n) is 6.28. The molecule has 1 aromatic carbocycles.